The van der Waals surface area contributed by atoms with Gasteiger partial charge in [-0.05, 0) is 63.9 Å². The highest BCUT2D eigenvalue weighted by molar-refractivity contribution is 9.11. The Morgan fingerprint density at radius 2 is 1.66 bits per heavy atom. The molecule has 32 heavy (non-hydrogen) atoms. The van der Waals surface area contributed by atoms with Crippen LogP contribution in [0.2, 0.25) is 0 Å². The fourth-order valence-corrected chi connectivity index (χ4v) is 5.70. The molecule has 1 fully saturated rings. The summed E-state index contributed by atoms with van der Waals surface area (Å²) in [6, 6.07) is 18.9. The van der Waals surface area contributed by atoms with Gasteiger partial charge in [-0.25, -0.2) is 0 Å². The molecule has 1 aromatic heterocycles. The largest absolute Gasteiger partial charge is 0.469 e. The van der Waals surface area contributed by atoms with Gasteiger partial charge < -0.3 is 10.1 Å². The summed E-state index contributed by atoms with van der Waals surface area (Å²) in [6.07, 6.45) is 3.80. The van der Waals surface area contributed by atoms with Crippen LogP contribution in [0.1, 0.15) is 47.2 Å². The molecule has 0 atom stereocenters. The molecule has 3 aromatic rings. The second-order valence-corrected chi connectivity index (χ2v) is 10.4. The van der Waals surface area contributed by atoms with Crippen molar-refractivity contribution in [2.24, 2.45) is 5.92 Å². The second-order valence-electron chi connectivity index (χ2n) is 8.19. The highest BCUT2D eigenvalue weighted by Crippen LogP contribution is 2.32. The summed E-state index contributed by atoms with van der Waals surface area (Å²) in [5.41, 5.74) is 5.28. The Hall–Kier alpha value is -2.44. The number of esters is 1. The van der Waals surface area contributed by atoms with E-state index >= 15 is 0 Å². The molecule has 1 N–H and O–H groups in total. The number of nitrogens with one attached hydrogen (secondary N) is 1. The zero-order valence-corrected chi connectivity index (χ0v) is 20.4. The summed E-state index contributed by atoms with van der Waals surface area (Å²) < 4.78 is 5.84. The van der Waals surface area contributed by atoms with Crippen molar-refractivity contribution in [1.29, 1.82) is 0 Å². The van der Waals surface area contributed by atoms with Gasteiger partial charge >= 0.3 is 5.97 Å². The second kappa shape index (κ2) is 10.5. The minimum absolute atomic E-state index is 0.0376. The lowest BCUT2D eigenvalue weighted by Crippen LogP contribution is -2.39. The van der Waals surface area contributed by atoms with Crippen LogP contribution in [0.5, 0.6) is 0 Å². The third-order valence-electron chi connectivity index (χ3n) is 6.13. The molecule has 1 saturated carbocycles. The van der Waals surface area contributed by atoms with Crippen LogP contribution in [0, 0.1) is 5.92 Å². The van der Waals surface area contributed by atoms with E-state index in [9.17, 15) is 9.59 Å². The minimum Gasteiger partial charge on any atom is -0.469 e. The third kappa shape index (κ3) is 5.30. The van der Waals surface area contributed by atoms with Crippen molar-refractivity contribution in [2.45, 2.75) is 38.1 Å². The van der Waals surface area contributed by atoms with Crippen molar-refractivity contribution >= 4 is 39.1 Å². The lowest BCUT2D eigenvalue weighted by Gasteiger charge is -2.27. The van der Waals surface area contributed by atoms with E-state index in [-0.39, 0.29) is 23.8 Å². The number of thiophene rings is 1. The van der Waals surface area contributed by atoms with Crippen LogP contribution in [-0.2, 0) is 16.0 Å². The van der Waals surface area contributed by atoms with Gasteiger partial charge in [0.25, 0.3) is 5.91 Å². The van der Waals surface area contributed by atoms with Crippen LogP contribution < -0.4 is 5.32 Å². The lowest BCUT2D eigenvalue weighted by atomic mass is 9.86. The fourth-order valence-electron chi connectivity index (χ4n) is 4.27. The van der Waals surface area contributed by atoms with Crippen LogP contribution in [-0.4, -0.2) is 25.0 Å². The highest BCUT2D eigenvalue weighted by Gasteiger charge is 2.28. The molecule has 6 heteroatoms. The predicted molar refractivity (Wildman–Crippen MR) is 132 cm³/mol. The SMILES string of the molecule is COC(=O)C1CCC(NC(=O)c2csc(Br)c2Cc2ccc(-c3ccccc3)cc2)CC1. The molecule has 4 nitrogen and oxygen atoms in total. The maximum absolute atomic E-state index is 13.0. The monoisotopic (exact) mass is 511 g/mol. The van der Waals surface area contributed by atoms with Crippen LogP contribution in [0.4, 0.5) is 0 Å². The smallest absolute Gasteiger partial charge is 0.308 e. The van der Waals surface area contributed by atoms with Crippen molar-refractivity contribution in [1.82, 2.24) is 5.32 Å². The summed E-state index contributed by atoms with van der Waals surface area (Å²) in [7, 11) is 1.43. The summed E-state index contributed by atoms with van der Waals surface area (Å²) in [5.74, 6) is -0.223. The van der Waals surface area contributed by atoms with E-state index in [2.05, 4.69) is 57.6 Å². The molecule has 2 aromatic carbocycles. The van der Waals surface area contributed by atoms with Crippen LogP contribution in [0.25, 0.3) is 11.1 Å². The number of carbonyl (C=O) groups is 2. The first kappa shape index (κ1) is 22.7. The molecule has 0 radical (unpaired) electrons. The Morgan fingerprint density at radius 1 is 1.00 bits per heavy atom. The molecule has 0 bridgehead atoms. The van der Waals surface area contributed by atoms with Gasteiger partial charge in [-0.3, -0.25) is 9.59 Å². The number of carbonyl (C=O) groups excluding carboxylic acids is 2. The van der Waals surface area contributed by atoms with E-state index in [4.69, 9.17) is 4.74 Å². The summed E-state index contributed by atoms with van der Waals surface area (Å²) in [4.78, 5) is 24.8. The average molecular weight is 512 g/mol. The van der Waals surface area contributed by atoms with Crippen LogP contribution >= 0.6 is 27.3 Å². The number of rotatable bonds is 6. The lowest BCUT2D eigenvalue weighted by molar-refractivity contribution is -0.146. The molecule has 1 heterocycles. The molecule has 1 aliphatic carbocycles. The van der Waals surface area contributed by atoms with Crippen LogP contribution in [0.3, 0.4) is 0 Å². The average Bonchev–Trinajstić information content (AvgIpc) is 3.20. The Bertz CT molecular complexity index is 1070. The van der Waals surface area contributed by atoms with Crippen molar-refractivity contribution in [3.8, 4) is 11.1 Å². The summed E-state index contributed by atoms with van der Waals surface area (Å²) >= 11 is 5.18. The number of amides is 1. The molecule has 0 aliphatic heterocycles. The fraction of sp³-hybridized carbons (Fsp3) is 0.308. The molecular weight excluding hydrogens is 486 g/mol. The Morgan fingerprint density at radius 3 is 2.31 bits per heavy atom. The standard InChI is InChI=1S/C26H26BrNO3S/c1-31-26(30)20-11-13-21(14-12-20)28-25(29)23-16-32-24(27)22(23)15-17-7-9-19(10-8-17)18-5-3-2-4-6-18/h2-10,16,20-21H,11-15H2,1H3,(H,28,29). The number of ether oxygens (including phenoxy) is 1. The van der Waals surface area contributed by atoms with Gasteiger partial charge in [0.15, 0.2) is 0 Å². The number of halogens is 1. The topological polar surface area (TPSA) is 55.4 Å². The summed E-state index contributed by atoms with van der Waals surface area (Å²) in [5, 5.41) is 5.10. The zero-order valence-electron chi connectivity index (χ0n) is 18.0. The maximum atomic E-state index is 13.0. The first-order chi connectivity index (χ1) is 15.5. The predicted octanol–water partition coefficient (Wildman–Crippen LogP) is 6.23. The Labute approximate surface area is 201 Å². The summed E-state index contributed by atoms with van der Waals surface area (Å²) in [6.45, 7) is 0. The molecule has 1 amide bonds. The number of hydrogen-bond donors (Lipinski definition) is 1. The number of hydrogen-bond acceptors (Lipinski definition) is 4. The van der Waals surface area contributed by atoms with Gasteiger partial charge in [0.2, 0.25) is 0 Å². The van der Waals surface area contributed by atoms with Crippen molar-refractivity contribution in [2.75, 3.05) is 7.11 Å². The van der Waals surface area contributed by atoms with Gasteiger partial charge in [0.1, 0.15) is 0 Å². The Kier molecular flexibility index (Phi) is 7.43. The van der Waals surface area contributed by atoms with E-state index in [1.165, 1.54) is 18.2 Å². The molecule has 1 aliphatic rings. The van der Waals surface area contributed by atoms with E-state index in [1.807, 2.05) is 23.6 Å². The number of benzene rings is 2. The van der Waals surface area contributed by atoms with E-state index < -0.39 is 0 Å². The van der Waals surface area contributed by atoms with Gasteiger partial charge in [-0.1, -0.05) is 54.6 Å². The van der Waals surface area contributed by atoms with E-state index in [0.29, 0.717) is 6.42 Å². The van der Waals surface area contributed by atoms with Crippen LogP contribution in [0.15, 0.2) is 63.8 Å². The zero-order chi connectivity index (χ0) is 22.5. The molecule has 0 saturated heterocycles. The Balaban J connectivity index is 1.41. The van der Waals surface area contributed by atoms with E-state index in [0.717, 1.165) is 46.2 Å². The van der Waals surface area contributed by atoms with Crippen molar-refractivity contribution < 1.29 is 14.3 Å². The molecule has 0 unspecified atom stereocenters. The molecule has 0 spiro atoms. The van der Waals surface area contributed by atoms with E-state index in [1.54, 1.807) is 11.3 Å². The molecular formula is C26H26BrNO3S. The maximum Gasteiger partial charge on any atom is 0.308 e. The van der Waals surface area contributed by atoms with Gasteiger partial charge in [-0.2, -0.15) is 0 Å². The van der Waals surface area contributed by atoms with Gasteiger partial charge in [0.05, 0.1) is 22.4 Å². The van der Waals surface area contributed by atoms with Gasteiger partial charge in [-0.15, -0.1) is 11.3 Å². The minimum atomic E-state index is -0.142. The first-order valence-corrected chi connectivity index (χ1v) is 12.5. The van der Waals surface area contributed by atoms with Crippen molar-refractivity contribution in [3.05, 3.63) is 80.5 Å². The third-order valence-corrected chi connectivity index (χ3v) is 7.97. The quantitative estimate of drug-likeness (QED) is 0.399. The first-order valence-electron chi connectivity index (χ1n) is 10.8. The number of methoxy groups -OCH3 is 1. The van der Waals surface area contributed by atoms with Crippen molar-refractivity contribution in [3.63, 3.8) is 0 Å². The van der Waals surface area contributed by atoms with Gasteiger partial charge in [0, 0.05) is 17.8 Å². The highest BCUT2D eigenvalue weighted by atomic mass is 79.9. The normalized spacial score (nSPS) is 18.2. The molecule has 166 valence electrons. The molecule has 4 rings (SSSR count).